The van der Waals surface area contributed by atoms with E-state index in [4.69, 9.17) is 0 Å². The van der Waals surface area contributed by atoms with Crippen molar-refractivity contribution in [3.63, 3.8) is 0 Å². The smallest absolute Gasteiger partial charge is 0.263 e. The van der Waals surface area contributed by atoms with Gasteiger partial charge in [-0.15, -0.1) is 0 Å². The molecule has 156 valence electrons. The molecule has 2 aromatic heterocycles. The number of hydrogen-bond acceptors (Lipinski definition) is 4. The van der Waals surface area contributed by atoms with Crippen LogP contribution in [0.25, 0.3) is 28.1 Å². The second-order valence-electron chi connectivity index (χ2n) is 7.27. The van der Waals surface area contributed by atoms with E-state index in [2.05, 4.69) is 16.4 Å². The Labute approximate surface area is 185 Å². The number of pyridine rings is 2. The van der Waals surface area contributed by atoms with Crippen molar-refractivity contribution >= 4 is 5.91 Å². The lowest BCUT2D eigenvalue weighted by atomic mass is 9.99. The summed E-state index contributed by atoms with van der Waals surface area (Å²) < 4.78 is 1.56. The molecule has 0 unspecified atom stereocenters. The van der Waals surface area contributed by atoms with Gasteiger partial charge in [0.05, 0.1) is 17.3 Å². The number of hydrogen-bond donors (Lipinski definition) is 1. The molecule has 0 saturated heterocycles. The Hall–Kier alpha value is -4.50. The molecule has 1 amide bonds. The van der Waals surface area contributed by atoms with Gasteiger partial charge in [-0.3, -0.25) is 19.1 Å². The second kappa shape index (κ2) is 9.11. The SMILES string of the molecule is CC(=O)NCc1cccc(-n2cc(-c3ccccn3)cc(-c3ccccc3C#N)c2=O)c1. The summed E-state index contributed by atoms with van der Waals surface area (Å²) in [5, 5.41) is 12.4. The van der Waals surface area contributed by atoms with E-state index in [1.54, 1.807) is 47.3 Å². The number of carbonyl (C=O) groups excluding carboxylic acids is 1. The van der Waals surface area contributed by atoms with Crippen molar-refractivity contribution in [3.05, 3.63) is 107 Å². The van der Waals surface area contributed by atoms with E-state index in [1.807, 2.05) is 42.5 Å². The largest absolute Gasteiger partial charge is 0.352 e. The zero-order valence-corrected chi connectivity index (χ0v) is 17.4. The van der Waals surface area contributed by atoms with Gasteiger partial charge in [-0.1, -0.05) is 36.4 Å². The van der Waals surface area contributed by atoms with Crippen LogP contribution in [-0.2, 0) is 11.3 Å². The van der Waals surface area contributed by atoms with Gasteiger partial charge >= 0.3 is 0 Å². The number of nitriles is 1. The molecule has 0 fully saturated rings. The number of nitrogens with zero attached hydrogens (tertiary/aromatic N) is 3. The third-order valence-electron chi connectivity index (χ3n) is 5.05. The number of aromatic nitrogens is 2. The standard InChI is InChI=1S/C26H20N4O2/c1-18(31)29-16-19-7-6-9-22(13-19)30-17-21(25-11-4-5-12-28-25)14-24(26(30)32)23-10-3-2-8-20(23)15-27/h2-14,17H,16H2,1H3,(H,29,31). The molecule has 0 radical (unpaired) electrons. The van der Waals surface area contributed by atoms with E-state index >= 15 is 0 Å². The topological polar surface area (TPSA) is 87.8 Å². The molecule has 0 aliphatic heterocycles. The molecule has 0 spiro atoms. The van der Waals surface area contributed by atoms with E-state index in [9.17, 15) is 14.9 Å². The van der Waals surface area contributed by atoms with Crippen LogP contribution in [0.1, 0.15) is 18.1 Å². The van der Waals surface area contributed by atoms with Gasteiger partial charge in [0.2, 0.25) is 5.91 Å². The van der Waals surface area contributed by atoms with Gasteiger partial charge in [0.25, 0.3) is 5.56 Å². The molecule has 2 heterocycles. The predicted molar refractivity (Wildman–Crippen MR) is 123 cm³/mol. The summed E-state index contributed by atoms with van der Waals surface area (Å²) in [5.41, 5.74) is 4.15. The van der Waals surface area contributed by atoms with E-state index in [0.717, 1.165) is 11.1 Å². The summed E-state index contributed by atoms with van der Waals surface area (Å²) in [6.45, 7) is 1.82. The Bertz CT molecular complexity index is 1390. The first-order valence-corrected chi connectivity index (χ1v) is 10.1. The molecule has 2 aromatic carbocycles. The average Bonchev–Trinajstić information content (AvgIpc) is 2.83. The quantitative estimate of drug-likeness (QED) is 0.527. The van der Waals surface area contributed by atoms with E-state index < -0.39 is 0 Å². The molecule has 6 nitrogen and oxygen atoms in total. The highest BCUT2D eigenvalue weighted by Gasteiger charge is 2.15. The van der Waals surface area contributed by atoms with E-state index in [-0.39, 0.29) is 11.5 Å². The van der Waals surface area contributed by atoms with Gasteiger partial charge in [0, 0.05) is 48.2 Å². The molecule has 4 aromatic rings. The maximum absolute atomic E-state index is 13.6. The highest BCUT2D eigenvalue weighted by atomic mass is 16.1. The molecule has 32 heavy (non-hydrogen) atoms. The first kappa shape index (κ1) is 20.8. The summed E-state index contributed by atoms with van der Waals surface area (Å²) >= 11 is 0. The average molecular weight is 420 g/mol. The van der Waals surface area contributed by atoms with Crippen LogP contribution in [-0.4, -0.2) is 15.5 Å². The fourth-order valence-corrected chi connectivity index (χ4v) is 3.50. The van der Waals surface area contributed by atoms with Crippen molar-refractivity contribution < 1.29 is 4.79 Å². The third-order valence-corrected chi connectivity index (χ3v) is 5.05. The number of nitrogens with one attached hydrogen (secondary N) is 1. The Morgan fingerprint density at radius 3 is 2.59 bits per heavy atom. The first-order valence-electron chi connectivity index (χ1n) is 10.1. The minimum Gasteiger partial charge on any atom is -0.352 e. The summed E-state index contributed by atoms with van der Waals surface area (Å²) in [5.74, 6) is -0.125. The Kier molecular flexibility index (Phi) is 5.91. The molecule has 0 bridgehead atoms. The van der Waals surface area contributed by atoms with Crippen molar-refractivity contribution in [2.75, 3.05) is 0 Å². The van der Waals surface area contributed by atoms with Gasteiger partial charge in [0.1, 0.15) is 0 Å². The second-order valence-corrected chi connectivity index (χ2v) is 7.27. The summed E-state index contributed by atoms with van der Waals surface area (Å²) in [6.07, 6.45) is 3.45. The molecule has 6 heteroatoms. The van der Waals surface area contributed by atoms with Crippen LogP contribution in [0.5, 0.6) is 0 Å². The van der Waals surface area contributed by atoms with Gasteiger partial charge < -0.3 is 5.32 Å². The molecular weight excluding hydrogens is 400 g/mol. The predicted octanol–water partition coefficient (Wildman–Crippen LogP) is 4.07. The van der Waals surface area contributed by atoms with Crippen molar-refractivity contribution in [2.45, 2.75) is 13.5 Å². The number of carbonyl (C=O) groups is 1. The Balaban J connectivity index is 1.93. The highest BCUT2D eigenvalue weighted by molar-refractivity contribution is 5.75. The highest BCUT2D eigenvalue weighted by Crippen LogP contribution is 2.26. The zero-order valence-electron chi connectivity index (χ0n) is 17.4. The van der Waals surface area contributed by atoms with Crippen molar-refractivity contribution in [3.8, 4) is 34.1 Å². The van der Waals surface area contributed by atoms with Gasteiger partial charge in [0.15, 0.2) is 0 Å². The third kappa shape index (κ3) is 4.32. The minimum absolute atomic E-state index is 0.125. The molecule has 4 rings (SSSR count). The fraction of sp³-hybridized carbons (Fsp3) is 0.0769. The zero-order chi connectivity index (χ0) is 22.5. The minimum atomic E-state index is -0.246. The fourth-order valence-electron chi connectivity index (χ4n) is 3.50. The van der Waals surface area contributed by atoms with Crippen LogP contribution in [0.2, 0.25) is 0 Å². The Morgan fingerprint density at radius 1 is 1.03 bits per heavy atom. The van der Waals surface area contributed by atoms with E-state index in [1.165, 1.54) is 6.92 Å². The van der Waals surface area contributed by atoms with Gasteiger partial charge in [-0.2, -0.15) is 5.26 Å². The lowest BCUT2D eigenvalue weighted by molar-refractivity contribution is -0.119. The van der Waals surface area contributed by atoms with Gasteiger partial charge in [-0.25, -0.2) is 0 Å². The lowest BCUT2D eigenvalue weighted by Crippen LogP contribution is -2.21. The van der Waals surface area contributed by atoms with Crippen LogP contribution in [0.15, 0.2) is 90.0 Å². The van der Waals surface area contributed by atoms with E-state index in [0.29, 0.717) is 34.6 Å². The van der Waals surface area contributed by atoms with Crippen LogP contribution < -0.4 is 10.9 Å². The normalized spacial score (nSPS) is 10.4. The van der Waals surface area contributed by atoms with Crippen molar-refractivity contribution in [2.24, 2.45) is 0 Å². The maximum atomic E-state index is 13.6. The molecular formula is C26H20N4O2. The molecule has 1 N–H and O–H groups in total. The molecule has 0 aliphatic carbocycles. The van der Waals surface area contributed by atoms with Crippen molar-refractivity contribution in [1.29, 1.82) is 5.26 Å². The number of rotatable bonds is 5. The Morgan fingerprint density at radius 2 is 1.84 bits per heavy atom. The van der Waals surface area contributed by atoms with Crippen LogP contribution in [0.4, 0.5) is 0 Å². The molecule has 0 aliphatic rings. The van der Waals surface area contributed by atoms with Gasteiger partial charge in [-0.05, 0) is 42.0 Å². The summed E-state index contributed by atoms with van der Waals surface area (Å²) in [6, 6.07) is 24.0. The summed E-state index contributed by atoms with van der Waals surface area (Å²) in [7, 11) is 0. The van der Waals surface area contributed by atoms with Crippen molar-refractivity contribution in [1.82, 2.24) is 14.9 Å². The molecule has 0 saturated carbocycles. The van der Waals surface area contributed by atoms with Crippen LogP contribution in [0, 0.1) is 11.3 Å². The first-order chi connectivity index (χ1) is 15.6. The monoisotopic (exact) mass is 420 g/mol. The molecule has 0 atom stereocenters. The summed E-state index contributed by atoms with van der Waals surface area (Å²) in [4.78, 5) is 29.3. The lowest BCUT2D eigenvalue weighted by Gasteiger charge is -2.14. The maximum Gasteiger partial charge on any atom is 0.263 e. The number of benzene rings is 2. The van der Waals surface area contributed by atoms with Crippen LogP contribution in [0.3, 0.4) is 0 Å². The number of amides is 1. The van der Waals surface area contributed by atoms with Crippen LogP contribution >= 0.6 is 0 Å².